The van der Waals surface area contributed by atoms with Crippen molar-refractivity contribution in [2.75, 3.05) is 27.0 Å². The average Bonchev–Trinajstić information content (AvgIpc) is 3.58. The molecule has 1 N–H and O–H groups in total. The molecule has 0 saturated carbocycles. The summed E-state index contributed by atoms with van der Waals surface area (Å²) >= 11 is 0. The van der Waals surface area contributed by atoms with Gasteiger partial charge in [0.05, 0.1) is 18.6 Å². The molecule has 1 fully saturated rings. The molecule has 0 aromatic heterocycles. The molecule has 0 unspecified atom stereocenters. The number of fused-ring (bicyclic) bond motifs is 1. The maximum atomic E-state index is 13.4. The van der Waals surface area contributed by atoms with Crippen LogP contribution in [0.15, 0.2) is 66.7 Å². The fourth-order valence-corrected chi connectivity index (χ4v) is 4.81. The smallest absolute Gasteiger partial charge is 0.416 e. The van der Waals surface area contributed by atoms with Crippen molar-refractivity contribution in [2.24, 2.45) is 5.92 Å². The van der Waals surface area contributed by atoms with Gasteiger partial charge in [0.25, 0.3) is 5.91 Å². The summed E-state index contributed by atoms with van der Waals surface area (Å²) in [5.41, 5.74) is 0.736. The van der Waals surface area contributed by atoms with Crippen molar-refractivity contribution in [1.82, 2.24) is 10.2 Å². The van der Waals surface area contributed by atoms with Crippen molar-refractivity contribution in [1.29, 1.82) is 0 Å². The number of methoxy groups -OCH3 is 1. The van der Waals surface area contributed by atoms with Crippen molar-refractivity contribution in [2.45, 2.75) is 18.6 Å². The second-order valence-corrected chi connectivity index (χ2v) is 9.18. The molecular weight excluding hydrogens is 501 g/mol. The van der Waals surface area contributed by atoms with Crippen LogP contribution in [0.4, 0.5) is 13.2 Å². The lowest BCUT2D eigenvalue weighted by atomic mass is 9.87. The molecule has 3 aromatic rings. The van der Waals surface area contributed by atoms with Crippen LogP contribution in [-0.4, -0.2) is 43.7 Å². The monoisotopic (exact) mass is 526 g/mol. The number of carbonyl (C=O) groups excluding carboxylic acids is 2. The van der Waals surface area contributed by atoms with E-state index in [1.54, 1.807) is 48.5 Å². The molecule has 0 bridgehead atoms. The minimum absolute atomic E-state index is 0.0682. The Morgan fingerprint density at radius 1 is 1.00 bits per heavy atom. The average molecular weight is 527 g/mol. The van der Waals surface area contributed by atoms with E-state index in [9.17, 15) is 22.8 Å². The first-order chi connectivity index (χ1) is 18.2. The highest BCUT2D eigenvalue weighted by Crippen LogP contribution is 2.37. The Bertz CT molecular complexity index is 1340. The van der Waals surface area contributed by atoms with Crippen LogP contribution in [0, 0.1) is 5.92 Å². The molecule has 0 radical (unpaired) electrons. The number of likely N-dealkylation sites (tertiary alicyclic amines) is 1. The first-order valence-electron chi connectivity index (χ1n) is 12.0. The third-order valence-electron chi connectivity index (χ3n) is 6.83. The van der Waals surface area contributed by atoms with Gasteiger partial charge in [-0.05, 0) is 53.6 Å². The van der Waals surface area contributed by atoms with Crippen molar-refractivity contribution >= 4 is 11.8 Å². The molecule has 2 atom stereocenters. The Labute approximate surface area is 217 Å². The normalized spacial score (nSPS) is 18.4. The van der Waals surface area contributed by atoms with Gasteiger partial charge in [-0.2, -0.15) is 13.2 Å². The molecule has 10 heteroatoms. The molecule has 3 aromatic carbocycles. The summed E-state index contributed by atoms with van der Waals surface area (Å²) in [6.07, 6.45) is -4.52. The van der Waals surface area contributed by atoms with Gasteiger partial charge in [0.15, 0.2) is 11.5 Å². The summed E-state index contributed by atoms with van der Waals surface area (Å²) in [7, 11) is 1.52. The lowest BCUT2D eigenvalue weighted by Gasteiger charge is -2.19. The van der Waals surface area contributed by atoms with Crippen molar-refractivity contribution in [3.8, 4) is 17.2 Å². The molecule has 1 saturated heterocycles. The van der Waals surface area contributed by atoms with E-state index in [-0.39, 0.29) is 38.2 Å². The Kier molecular flexibility index (Phi) is 6.88. The lowest BCUT2D eigenvalue weighted by Crippen LogP contribution is -2.35. The van der Waals surface area contributed by atoms with Gasteiger partial charge in [-0.1, -0.05) is 24.3 Å². The van der Waals surface area contributed by atoms with Gasteiger partial charge in [-0.25, -0.2) is 0 Å². The van der Waals surface area contributed by atoms with Crippen molar-refractivity contribution in [3.63, 3.8) is 0 Å². The fourth-order valence-electron chi connectivity index (χ4n) is 4.81. The third-order valence-corrected chi connectivity index (χ3v) is 6.83. The quantitative estimate of drug-likeness (QED) is 0.508. The highest BCUT2D eigenvalue weighted by molar-refractivity contribution is 5.95. The molecule has 2 amide bonds. The number of nitrogens with one attached hydrogen (secondary N) is 1. The van der Waals surface area contributed by atoms with Gasteiger partial charge in [0.1, 0.15) is 5.75 Å². The van der Waals surface area contributed by atoms with Crippen molar-refractivity contribution < 1.29 is 37.0 Å². The number of benzene rings is 3. The zero-order valence-electron chi connectivity index (χ0n) is 20.5. The Hall–Kier alpha value is -4.21. The van der Waals surface area contributed by atoms with Crippen LogP contribution >= 0.6 is 0 Å². The van der Waals surface area contributed by atoms with Crippen LogP contribution in [0.1, 0.15) is 33.0 Å². The van der Waals surface area contributed by atoms with E-state index in [1.165, 1.54) is 18.1 Å². The van der Waals surface area contributed by atoms with Gasteiger partial charge < -0.3 is 24.4 Å². The Balaban J connectivity index is 1.37. The molecule has 0 aliphatic carbocycles. The molecule has 2 aliphatic rings. The number of halogens is 3. The van der Waals surface area contributed by atoms with Crippen LogP contribution < -0.4 is 19.5 Å². The number of amides is 2. The van der Waals surface area contributed by atoms with E-state index in [1.807, 2.05) is 0 Å². The number of ether oxygens (including phenoxy) is 3. The molecule has 198 valence electrons. The van der Waals surface area contributed by atoms with Gasteiger partial charge in [-0.15, -0.1) is 0 Å². The fraction of sp³-hybridized carbons (Fsp3) is 0.286. The topological polar surface area (TPSA) is 77.1 Å². The van der Waals surface area contributed by atoms with Crippen molar-refractivity contribution in [3.05, 3.63) is 89.0 Å². The first kappa shape index (κ1) is 25.4. The van der Waals surface area contributed by atoms with Crippen LogP contribution in [0.5, 0.6) is 17.2 Å². The van der Waals surface area contributed by atoms with Crippen LogP contribution in [0.2, 0.25) is 0 Å². The first-order valence-corrected chi connectivity index (χ1v) is 12.0. The summed E-state index contributed by atoms with van der Waals surface area (Å²) in [5.74, 6) is -0.230. The Morgan fingerprint density at radius 2 is 1.76 bits per heavy atom. The SMILES string of the molecule is COc1ccc(C(=O)N2C[C@H](c3cccc(C(F)(F)F)c3)[C@H](C(=O)NCc3ccc4c(c3)OCO4)C2)cc1. The number of nitrogens with zero attached hydrogens (tertiary/aromatic N) is 1. The van der Waals surface area contributed by atoms with Gasteiger partial charge in [0, 0.05) is 31.1 Å². The highest BCUT2D eigenvalue weighted by Gasteiger charge is 2.41. The molecule has 0 spiro atoms. The Morgan fingerprint density at radius 3 is 2.50 bits per heavy atom. The minimum Gasteiger partial charge on any atom is -0.497 e. The van der Waals surface area contributed by atoms with E-state index < -0.39 is 23.6 Å². The number of carbonyl (C=O) groups is 2. The summed E-state index contributed by atoms with van der Waals surface area (Å²) in [5, 5.41) is 2.88. The van der Waals surface area contributed by atoms with E-state index >= 15 is 0 Å². The van der Waals surface area contributed by atoms with Crippen LogP contribution in [0.3, 0.4) is 0 Å². The van der Waals surface area contributed by atoms with Gasteiger partial charge in [0.2, 0.25) is 12.7 Å². The van der Waals surface area contributed by atoms with E-state index in [2.05, 4.69) is 5.32 Å². The summed E-state index contributed by atoms with van der Waals surface area (Å²) < 4.78 is 56.1. The second kappa shape index (κ2) is 10.3. The number of alkyl halides is 3. The molecule has 38 heavy (non-hydrogen) atoms. The molecule has 2 heterocycles. The van der Waals surface area contributed by atoms with E-state index in [4.69, 9.17) is 14.2 Å². The zero-order chi connectivity index (χ0) is 26.9. The molecule has 2 aliphatic heterocycles. The highest BCUT2D eigenvalue weighted by atomic mass is 19.4. The van der Waals surface area contributed by atoms with Gasteiger partial charge in [-0.3, -0.25) is 9.59 Å². The second-order valence-electron chi connectivity index (χ2n) is 9.18. The number of hydrogen-bond acceptors (Lipinski definition) is 5. The van der Waals surface area contributed by atoms with Crippen LogP contribution in [0.25, 0.3) is 0 Å². The summed E-state index contributed by atoms with van der Waals surface area (Å²) in [6.45, 7) is 0.491. The molecule has 5 rings (SSSR count). The minimum atomic E-state index is -4.52. The van der Waals surface area contributed by atoms with E-state index in [0.717, 1.165) is 17.7 Å². The number of rotatable bonds is 6. The van der Waals surface area contributed by atoms with Gasteiger partial charge >= 0.3 is 6.18 Å². The summed E-state index contributed by atoms with van der Waals surface area (Å²) in [6, 6.07) is 16.8. The maximum absolute atomic E-state index is 13.4. The predicted octanol–water partition coefficient (Wildman–Crippen LogP) is 4.61. The van der Waals surface area contributed by atoms with Crippen LogP contribution in [-0.2, 0) is 17.5 Å². The summed E-state index contributed by atoms with van der Waals surface area (Å²) in [4.78, 5) is 28.1. The standard InChI is InChI=1S/C28H25F3N2O5/c1-36-21-8-6-18(7-9-21)27(35)33-14-22(19-3-2-4-20(12-19)28(29,30)31)23(15-33)26(34)32-13-17-5-10-24-25(11-17)38-16-37-24/h2-12,22-23H,13-16H2,1H3,(H,32,34)/t22-,23-/m1/s1. The van der Waals surface area contributed by atoms with E-state index in [0.29, 0.717) is 28.4 Å². The lowest BCUT2D eigenvalue weighted by molar-refractivity contribution is -0.137. The maximum Gasteiger partial charge on any atom is 0.416 e. The third kappa shape index (κ3) is 5.25. The molecular formula is C28H25F3N2O5. The predicted molar refractivity (Wildman–Crippen MR) is 131 cm³/mol. The number of hydrogen-bond donors (Lipinski definition) is 1. The molecule has 7 nitrogen and oxygen atoms in total. The largest absolute Gasteiger partial charge is 0.497 e. The zero-order valence-corrected chi connectivity index (χ0v) is 20.5.